The van der Waals surface area contributed by atoms with Crippen LogP contribution in [0.5, 0.6) is 0 Å². The first kappa shape index (κ1) is 12.3. The van der Waals surface area contributed by atoms with Crippen molar-refractivity contribution in [1.82, 2.24) is 20.0 Å². The Morgan fingerprint density at radius 2 is 2.33 bits per heavy atom. The largest absolute Gasteiger partial charge is 0.565 e. The normalized spacial score (nSPS) is 11.8. The second-order valence-corrected chi connectivity index (χ2v) is 4.62. The molecule has 8 heteroatoms. The van der Waals surface area contributed by atoms with E-state index in [2.05, 4.69) is 15.3 Å². The summed E-state index contributed by atoms with van der Waals surface area (Å²) in [5.74, 6) is 0.182. The summed E-state index contributed by atoms with van der Waals surface area (Å²) in [6.07, 6.45) is 1.73. The summed E-state index contributed by atoms with van der Waals surface area (Å²) in [7, 11) is 6.99. The van der Waals surface area contributed by atoms with Crippen LogP contribution in [-0.2, 0) is 11.7 Å². The van der Waals surface area contributed by atoms with Gasteiger partial charge < -0.3 is 4.65 Å². The molecule has 0 spiro atoms. The SMILES string of the molecule is [B]OC(=C(C#N)c1ccn(C)n1)c1nnc(C)s1. The first-order valence-corrected chi connectivity index (χ1v) is 5.79. The van der Waals surface area contributed by atoms with Gasteiger partial charge in [0.15, 0.2) is 10.8 Å². The van der Waals surface area contributed by atoms with Crippen LogP contribution >= 0.6 is 11.3 Å². The standard InChI is InChI=1S/C10H8BN5OS/c1-6-13-14-10(18-6)9(17-11)7(5-12)8-3-4-16(2)15-8/h3-4H,1-2H3. The van der Waals surface area contributed by atoms with Gasteiger partial charge in [0.05, 0.1) is 0 Å². The number of hydrogen-bond acceptors (Lipinski definition) is 6. The lowest BCUT2D eigenvalue weighted by Crippen LogP contribution is -1.96. The molecule has 2 aromatic rings. The average molecular weight is 257 g/mol. The van der Waals surface area contributed by atoms with Gasteiger partial charge in [-0.2, -0.15) is 10.4 Å². The van der Waals surface area contributed by atoms with E-state index in [-0.39, 0.29) is 11.3 Å². The van der Waals surface area contributed by atoms with Crippen molar-refractivity contribution < 1.29 is 4.65 Å². The number of allylic oxidation sites excluding steroid dienone is 1. The molecule has 0 N–H and O–H groups in total. The number of nitrogens with zero attached hydrogens (tertiary/aromatic N) is 5. The minimum Gasteiger partial charge on any atom is -0.565 e. The number of rotatable bonds is 3. The molecule has 0 amide bonds. The smallest absolute Gasteiger partial charge is 0.374 e. The second-order valence-electron chi connectivity index (χ2n) is 3.43. The molecule has 2 aromatic heterocycles. The molecule has 18 heavy (non-hydrogen) atoms. The highest BCUT2D eigenvalue weighted by Gasteiger charge is 2.17. The van der Waals surface area contributed by atoms with E-state index >= 15 is 0 Å². The van der Waals surface area contributed by atoms with Gasteiger partial charge in [0, 0.05) is 13.2 Å². The molecule has 2 radical (unpaired) electrons. The Morgan fingerprint density at radius 1 is 1.56 bits per heavy atom. The van der Waals surface area contributed by atoms with Gasteiger partial charge in [0.25, 0.3) is 0 Å². The predicted octanol–water partition coefficient (Wildman–Crippen LogP) is 1.07. The Kier molecular flexibility index (Phi) is 3.44. The Hall–Kier alpha value is -2.14. The molecule has 0 fully saturated rings. The summed E-state index contributed by atoms with van der Waals surface area (Å²) < 4.78 is 6.37. The maximum absolute atomic E-state index is 9.22. The minimum absolute atomic E-state index is 0.182. The van der Waals surface area contributed by atoms with E-state index in [1.807, 2.05) is 13.0 Å². The van der Waals surface area contributed by atoms with Crippen LogP contribution in [-0.4, -0.2) is 28.0 Å². The number of nitriles is 1. The van der Waals surface area contributed by atoms with Crippen LogP contribution in [0.1, 0.15) is 15.7 Å². The number of hydrogen-bond donors (Lipinski definition) is 0. The monoisotopic (exact) mass is 257 g/mol. The molecule has 0 aliphatic carbocycles. The fourth-order valence-electron chi connectivity index (χ4n) is 1.38. The molecule has 0 saturated heterocycles. The summed E-state index contributed by atoms with van der Waals surface area (Å²) in [6.45, 7) is 1.81. The van der Waals surface area contributed by atoms with Crippen LogP contribution in [0, 0.1) is 18.3 Å². The van der Waals surface area contributed by atoms with E-state index in [9.17, 15) is 5.26 Å². The van der Waals surface area contributed by atoms with Crippen molar-refractivity contribution >= 4 is 30.7 Å². The van der Waals surface area contributed by atoms with Crippen molar-refractivity contribution in [2.45, 2.75) is 6.92 Å². The molecular weight excluding hydrogens is 249 g/mol. The Balaban J connectivity index is 2.56. The lowest BCUT2D eigenvalue weighted by Gasteiger charge is -2.04. The molecule has 2 rings (SSSR count). The first-order chi connectivity index (χ1) is 8.65. The number of aryl methyl sites for hydroxylation is 2. The maximum atomic E-state index is 9.22. The zero-order valence-corrected chi connectivity index (χ0v) is 10.6. The third-order valence-corrected chi connectivity index (χ3v) is 2.98. The third kappa shape index (κ3) is 2.26. The van der Waals surface area contributed by atoms with Gasteiger partial charge >= 0.3 is 8.05 Å². The van der Waals surface area contributed by atoms with Crippen molar-refractivity contribution in [3.8, 4) is 6.07 Å². The Labute approximate surface area is 109 Å². The minimum atomic E-state index is 0.182. The fourth-order valence-corrected chi connectivity index (χ4v) is 2.06. The van der Waals surface area contributed by atoms with Crippen molar-refractivity contribution in [3.05, 3.63) is 28.0 Å². The summed E-state index contributed by atoms with van der Waals surface area (Å²) in [4.78, 5) is 0. The van der Waals surface area contributed by atoms with Crippen LogP contribution in [0.15, 0.2) is 12.3 Å². The molecule has 0 atom stereocenters. The van der Waals surface area contributed by atoms with Crippen molar-refractivity contribution in [2.75, 3.05) is 0 Å². The van der Waals surface area contributed by atoms with Crippen molar-refractivity contribution in [3.63, 3.8) is 0 Å². The van der Waals surface area contributed by atoms with E-state index in [1.165, 1.54) is 11.3 Å². The molecule has 88 valence electrons. The average Bonchev–Trinajstić information content (AvgIpc) is 2.95. The van der Waals surface area contributed by atoms with E-state index in [4.69, 9.17) is 12.7 Å². The fraction of sp³-hybridized carbons (Fsp3) is 0.200. The molecule has 2 heterocycles. The summed E-state index contributed by atoms with van der Waals surface area (Å²) in [6, 6.07) is 3.73. The van der Waals surface area contributed by atoms with Crippen molar-refractivity contribution in [2.24, 2.45) is 7.05 Å². The topological polar surface area (TPSA) is 76.6 Å². The van der Waals surface area contributed by atoms with E-state index in [0.717, 1.165) is 5.01 Å². The summed E-state index contributed by atoms with van der Waals surface area (Å²) >= 11 is 1.29. The second kappa shape index (κ2) is 5.02. The van der Waals surface area contributed by atoms with Crippen LogP contribution in [0.25, 0.3) is 11.3 Å². The van der Waals surface area contributed by atoms with Gasteiger partial charge in [0.2, 0.25) is 0 Å². The zero-order valence-electron chi connectivity index (χ0n) is 9.78. The molecule has 6 nitrogen and oxygen atoms in total. The molecule has 0 saturated carbocycles. The summed E-state index contributed by atoms with van der Waals surface area (Å²) in [5.41, 5.74) is 0.711. The molecule has 0 unspecified atom stereocenters. The molecule has 0 aliphatic heterocycles. The van der Waals surface area contributed by atoms with Crippen LogP contribution in [0.4, 0.5) is 0 Å². The number of aromatic nitrogens is 4. The van der Waals surface area contributed by atoms with Crippen LogP contribution in [0.2, 0.25) is 0 Å². The lowest BCUT2D eigenvalue weighted by atomic mass is 10.2. The van der Waals surface area contributed by atoms with E-state index in [0.29, 0.717) is 10.7 Å². The Morgan fingerprint density at radius 3 is 2.78 bits per heavy atom. The van der Waals surface area contributed by atoms with Gasteiger partial charge in [-0.05, 0) is 13.0 Å². The zero-order chi connectivity index (χ0) is 13.1. The molecule has 0 bridgehead atoms. The van der Waals surface area contributed by atoms with Gasteiger partial charge in [-0.3, -0.25) is 4.68 Å². The third-order valence-electron chi connectivity index (χ3n) is 2.15. The highest BCUT2D eigenvalue weighted by molar-refractivity contribution is 7.12. The first-order valence-electron chi connectivity index (χ1n) is 4.97. The molecular formula is C10H8BN5OS. The highest BCUT2D eigenvalue weighted by Crippen LogP contribution is 2.27. The lowest BCUT2D eigenvalue weighted by molar-refractivity contribution is 0.572. The molecule has 0 aromatic carbocycles. The summed E-state index contributed by atoms with van der Waals surface area (Å²) in [5, 5.41) is 22.4. The Bertz CT molecular complexity index is 639. The van der Waals surface area contributed by atoms with Crippen molar-refractivity contribution in [1.29, 1.82) is 5.26 Å². The molecule has 0 aliphatic rings. The maximum Gasteiger partial charge on any atom is 0.374 e. The van der Waals surface area contributed by atoms with Gasteiger partial charge in [-0.25, -0.2) is 0 Å². The van der Waals surface area contributed by atoms with Gasteiger partial charge in [-0.1, -0.05) is 11.3 Å². The van der Waals surface area contributed by atoms with E-state index in [1.54, 1.807) is 24.0 Å². The van der Waals surface area contributed by atoms with Crippen LogP contribution < -0.4 is 0 Å². The van der Waals surface area contributed by atoms with Gasteiger partial charge in [0.1, 0.15) is 22.3 Å². The van der Waals surface area contributed by atoms with E-state index < -0.39 is 0 Å². The quantitative estimate of drug-likeness (QED) is 0.467. The predicted molar refractivity (Wildman–Crippen MR) is 67.1 cm³/mol. The van der Waals surface area contributed by atoms with Gasteiger partial charge in [-0.15, -0.1) is 10.2 Å². The van der Waals surface area contributed by atoms with Crippen LogP contribution in [0.3, 0.4) is 0 Å². The highest BCUT2D eigenvalue weighted by atomic mass is 32.1.